The molecule has 0 saturated carbocycles. The van der Waals surface area contributed by atoms with Gasteiger partial charge in [0.15, 0.2) is 0 Å². The van der Waals surface area contributed by atoms with Gasteiger partial charge in [0.05, 0.1) is 11.8 Å². The van der Waals surface area contributed by atoms with Gasteiger partial charge >= 0.3 is 18.0 Å². The smallest absolute Gasteiger partial charge is 0.407 e. The maximum atomic E-state index is 11.7. The molecule has 3 unspecified atom stereocenters. The van der Waals surface area contributed by atoms with Gasteiger partial charge < -0.3 is 14.8 Å². The van der Waals surface area contributed by atoms with Gasteiger partial charge in [0.2, 0.25) is 0 Å². The van der Waals surface area contributed by atoms with Crippen LogP contribution in [0.15, 0.2) is 12.2 Å². The van der Waals surface area contributed by atoms with Gasteiger partial charge in [-0.05, 0) is 27.2 Å². The zero-order valence-electron chi connectivity index (χ0n) is 11.8. The summed E-state index contributed by atoms with van der Waals surface area (Å²) >= 11 is 0. The second-order valence-electron chi connectivity index (χ2n) is 6.08. The fraction of sp³-hybridized carbons (Fsp3) is 0.643. The number of carbonyl (C=O) groups excluding carboxylic acids is 3. The molecule has 20 heavy (non-hydrogen) atoms. The summed E-state index contributed by atoms with van der Waals surface area (Å²) in [5.41, 5.74) is -0.572. The zero-order chi connectivity index (χ0) is 14.9. The van der Waals surface area contributed by atoms with Crippen molar-refractivity contribution in [3.8, 4) is 0 Å². The van der Waals surface area contributed by atoms with Gasteiger partial charge in [0, 0.05) is 12.5 Å². The predicted octanol–water partition coefficient (Wildman–Crippen LogP) is 1.40. The number of fused-ring (bicyclic) bond motifs is 1. The molecule has 0 bridgehead atoms. The Morgan fingerprint density at radius 2 is 2.10 bits per heavy atom. The number of nitrogens with one attached hydrogen (secondary N) is 1. The van der Waals surface area contributed by atoms with E-state index in [9.17, 15) is 14.4 Å². The lowest BCUT2D eigenvalue weighted by molar-refractivity contribution is -0.154. The summed E-state index contributed by atoms with van der Waals surface area (Å²) in [5, 5.41) is 2.63. The van der Waals surface area contributed by atoms with E-state index in [1.54, 1.807) is 20.8 Å². The van der Waals surface area contributed by atoms with E-state index < -0.39 is 35.5 Å². The maximum absolute atomic E-state index is 11.7. The summed E-state index contributed by atoms with van der Waals surface area (Å²) in [4.78, 5) is 34.8. The zero-order valence-corrected chi connectivity index (χ0v) is 11.8. The lowest BCUT2D eigenvalue weighted by Crippen LogP contribution is -2.39. The third kappa shape index (κ3) is 3.18. The van der Waals surface area contributed by atoms with Crippen LogP contribution in [0.3, 0.4) is 0 Å². The molecule has 6 heteroatoms. The third-order valence-corrected chi connectivity index (χ3v) is 3.33. The molecule has 1 aliphatic carbocycles. The predicted molar refractivity (Wildman–Crippen MR) is 69.6 cm³/mol. The molecule has 2 rings (SSSR count). The number of rotatable bonds is 2. The first kappa shape index (κ1) is 14.6. The molecular weight excluding hydrogens is 262 g/mol. The minimum absolute atomic E-state index is 0.236. The first-order chi connectivity index (χ1) is 9.28. The highest BCUT2D eigenvalue weighted by Gasteiger charge is 2.48. The molecule has 0 radical (unpaired) electrons. The summed E-state index contributed by atoms with van der Waals surface area (Å²) < 4.78 is 9.79. The lowest BCUT2D eigenvalue weighted by Gasteiger charge is -2.26. The number of hydrogen-bond acceptors (Lipinski definition) is 5. The van der Waals surface area contributed by atoms with E-state index in [4.69, 9.17) is 4.74 Å². The van der Waals surface area contributed by atoms with E-state index >= 15 is 0 Å². The van der Waals surface area contributed by atoms with Crippen molar-refractivity contribution in [1.82, 2.24) is 5.32 Å². The summed E-state index contributed by atoms with van der Waals surface area (Å²) in [6, 6.07) is 0. The topological polar surface area (TPSA) is 81.7 Å². The molecule has 3 atom stereocenters. The largest absolute Gasteiger partial charge is 0.444 e. The van der Waals surface area contributed by atoms with Crippen molar-refractivity contribution in [1.29, 1.82) is 0 Å². The Morgan fingerprint density at radius 1 is 1.40 bits per heavy atom. The molecule has 1 heterocycles. The Labute approximate surface area is 117 Å². The number of hydrogen-bond donors (Lipinski definition) is 1. The average molecular weight is 281 g/mol. The van der Waals surface area contributed by atoms with Crippen LogP contribution >= 0.6 is 0 Å². The van der Waals surface area contributed by atoms with Crippen molar-refractivity contribution in [3.63, 3.8) is 0 Å². The van der Waals surface area contributed by atoms with Gasteiger partial charge in [-0.1, -0.05) is 12.2 Å². The standard InChI is InChI=1S/C14H19NO5/c1-14(2,3)20-13(18)15-7-8-5-4-6-9-10(8)12(17)19-11(9)16/h4-5,8-10H,6-7H2,1-3H3,(H,15,18). The van der Waals surface area contributed by atoms with Crippen molar-refractivity contribution >= 4 is 18.0 Å². The Balaban J connectivity index is 1.94. The molecule has 0 aromatic carbocycles. The van der Waals surface area contributed by atoms with Crippen LogP contribution in [0.2, 0.25) is 0 Å². The quantitative estimate of drug-likeness (QED) is 0.470. The second kappa shape index (κ2) is 5.26. The molecule has 6 nitrogen and oxygen atoms in total. The number of alkyl carbamates (subject to hydrolysis) is 1. The van der Waals surface area contributed by atoms with E-state index in [-0.39, 0.29) is 12.5 Å². The highest BCUT2D eigenvalue weighted by atomic mass is 16.6. The van der Waals surface area contributed by atoms with Crippen LogP contribution in [0.5, 0.6) is 0 Å². The van der Waals surface area contributed by atoms with Crippen molar-refractivity contribution in [2.75, 3.05) is 6.54 Å². The van der Waals surface area contributed by atoms with Crippen molar-refractivity contribution in [3.05, 3.63) is 12.2 Å². The third-order valence-electron chi connectivity index (χ3n) is 3.33. The van der Waals surface area contributed by atoms with Gasteiger partial charge in [0.1, 0.15) is 5.60 Å². The molecule has 1 amide bonds. The van der Waals surface area contributed by atoms with Gasteiger partial charge in [-0.25, -0.2) is 4.79 Å². The number of esters is 2. The molecule has 1 saturated heterocycles. The lowest BCUT2D eigenvalue weighted by atomic mass is 9.77. The number of carbonyl (C=O) groups is 3. The summed E-state index contributed by atoms with van der Waals surface area (Å²) in [6.07, 6.45) is 3.67. The van der Waals surface area contributed by atoms with E-state index in [0.29, 0.717) is 6.42 Å². The number of cyclic esters (lactones) is 2. The van der Waals surface area contributed by atoms with Crippen molar-refractivity contribution < 1.29 is 23.9 Å². The first-order valence-corrected chi connectivity index (χ1v) is 6.67. The summed E-state index contributed by atoms with van der Waals surface area (Å²) in [7, 11) is 0. The van der Waals surface area contributed by atoms with E-state index in [1.807, 2.05) is 12.2 Å². The van der Waals surface area contributed by atoms with Gasteiger partial charge in [-0.3, -0.25) is 9.59 Å². The number of allylic oxidation sites excluding steroid dienone is 1. The van der Waals surface area contributed by atoms with E-state index in [0.717, 1.165) is 0 Å². The molecule has 0 aromatic heterocycles. The van der Waals surface area contributed by atoms with Crippen molar-refractivity contribution in [2.24, 2.45) is 17.8 Å². The average Bonchev–Trinajstić information content (AvgIpc) is 2.61. The van der Waals surface area contributed by atoms with E-state index in [1.165, 1.54) is 0 Å². The van der Waals surface area contributed by atoms with Crippen LogP contribution in [-0.2, 0) is 19.1 Å². The van der Waals surface area contributed by atoms with Gasteiger partial charge in [-0.15, -0.1) is 0 Å². The monoisotopic (exact) mass is 281 g/mol. The fourth-order valence-corrected chi connectivity index (χ4v) is 2.50. The molecule has 1 N–H and O–H groups in total. The normalized spacial score (nSPS) is 28.9. The van der Waals surface area contributed by atoms with Crippen LogP contribution < -0.4 is 5.32 Å². The molecule has 0 spiro atoms. The van der Waals surface area contributed by atoms with Crippen LogP contribution in [0.1, 0.15) is 27.2 Å². The van der Waals surface area contributed by atoms with Gasteiger partial charge in [0.25, 0.3) is 0 Å². The molecule has 1 fully saturated rings. The molecule has 1 aliphatic heterocycles. The Hall–Kier alpha value is -1.85. The Bertz CT molecular complexity index is 463. The highest BCUT2D eigenvalue weighted by Crippen LogP contribution is 2.36. The first-order valence-electron chi connectivity index (χ1n) is 6.67. The highest BCUT2D eigenvalue weighted by molar-refractivity contribution is 5.97. The fourth-order valence-electron chi connectivity index (χ4n) is 2.50. The number of ether oxygens (including phenoxy) is 2. The summed E-state index contributed by atoms with van der Waals surface area (Å²) in [5.74, 6) is -2.12. The second-order valence-corrected chi connectivity index (χ2v) is 6.08. The van der Waals surface area contributed by atoms with Crippen LogP contribution in [0, 0.1) is 17.8 Å². The molecular formula is C14H19NO5. The van der Waals surface area contributed by atoms with Crippen molar-refractivity contribution in [2.45, 2.75) is 32.8 Å². The molecule has 110 valence electrons. The van der Waals surface area contributed by atoms with E-state index in [2.05, 4.69) is 10.1 Å². The van der Waals surface area contributed by atoms with Crippen LogP contribution in [0.4, 0.5) is 4.79 Å². The Kier molecular flexibility index (Phi) is 3.83. The minimum atomic E-state index is -0.572. The summed E-state index contributed by atoms with van der Waals surface area (Å²) in [6.45, 7) is 5.57. The Morgan fingerprint density at radius 3 is 2.75 bits per heavy atom. The molecule has 0 aromatic rings. The van der Waals surface area contributed by atoms with Crippen LogP contribution in [0.25, 0.3) is 0 Å². The van der Waals surface area contributed by atoms with Gasteiger partial charge in [-0.2, -0.15) is 0 Å². The minimum Gasteiger partial charge on any atom is -0.444 e. The maximum Gasteiger partial charge on any atom is 0.407 e. The molecule has 2 aliphatic rings. The SMILES string of the molecule is CC(C)(C)OC(=O)NCC1C=CCC2C(=O)OC(=O)C12. The number of amides is 1. The van der Waals surface area contributed by atoms with Crippen LogP contribution in [-0.4, -0.2) is 30.2 Å².